The maximum atomic E-state index is 13.7. The first-order valence-corrected chi connectivity index (χ1v) is 6.51. The molecule has 0 radical (unpaired) electrons. The quantitative estimate of drug-likeness (QED) is 0.687. The molecular weight excluding hydrogens is 325 g/mol. The van der Waals surface area contributed by atoms with Crippen molar-refractivity contribution < 1.29 is 4.39 Å². The Hall–Kier alpha value is -2.20. The van der Waals surface area contributed by atoms with Gasteiger partial charge in [0.05, 0.1) is 0 Å². The van der Waals surface area contributed by atoms with E-state index in [1.54, 1.807) is 36.3 Å². The first-order valence-electron chi connectivity index (χ1n) is 5.72. The molecule has 0 saturated heterocycles. The zero-order valence-corrected chi connectivity index (χ0v) is 12.2. The van der Waals surface area contributed by atoms with Gasteiger partial charge in [0, 0.05) is 29.7 Å². The van der Waals surface area contributed by atoms with E-state index in [0.717, 1.165) is 4.47 Å². The zero-order chi connectivity index (χ0) is 14.5. The van der Waals surface area contributed by atoms with Crippen molar-refractivity contribution in [1.82, 2.24) is 9.97 Å². The van der Waals surface area contributed by atoms with Crippen LogP contribution in [0.4, 0.5) is 16.0 Å². The van der Waals surface area contributed by atoms with Crippen molar-refractivity contribution in [3.05, 3.63) is 46.4 Å². The maximum Gasteiger partial charge on any atom is 0.182 e. The molecule has 102 valence electrons. The van der Waals surface area contributed by atoms with Crippen LogP contribution in [0.5, 0.6) is 0 Å². The van der Waals surface area contributed by atoms with Gasteiger partial charge in [-0.15, -0.1) is 0 Å². The normalized spacial score (nSPS) is 9.90. The summed E-state index contributed by atoms with van der Waals surface area (Å²) < 4.78 is 14.5. The highest BCUT2D eigenvalue weighted by Gasteiger charge is 2.09. The fourth-order valence-corrected chi connectivity index (χ4v) is 2.09. The van der Waals surface area contributed by atoms with E-state index in [1.807, 2.05) is 0 Å². The third kappa shape index (κ3) is 3.42. The summed E-state index contributed by atoms with van der Waals surface area (Å²) >= 11 is 3.32. The van der Waals surface area contributed by atoms with E-state index in [9.17, 15) is 4.39 Å². The Labute approximate surface area is 124 Å². The highest BCUT2D eigenvalue weighted by Crippen LogP contribution is 2.20. The Morgan fingerprint density at radius 3 is 2.95 bits per heavy atom. The third-order valence-corrected chi connectivity index (χ3v) is 3.14. The lowest BCUT2D eigenvalue weighted by molar-refractivity contribution is 0.607. The van der Waals surface area contributed by atoms with Crippen LogP contribution in [0.25, 0.3) is 0 Å². The average Bonchev–Trinajstić information content (AvgIpc) is 2.43. The second-order valence-electron chi connectivity index (χ2n) is 4.09. The van der Waals surface area contributed by atoms with Crippen LogP contribution in [0.15, 0.2) is 35.1 Å². The van der Waals surface area contributed by atoms with Crippen LogP contribution in [0.3, 0.4) is 0 Å². The second-order valence-corrected chi connectivity index (χ2v) is 5.01. The predicted molar refractivity (Wildman–Crippen MR) is 77.5 cm³/mol. The smallest absolute Gasteiger partial charge is 0.182 e. The lowest BCUT2D eigenvalue weighted by Crippen LogP contribution is -2.18. The first kappa shape index (κ1) is 14.2. The van der Waals surface area contributed by atoms with Gasteiger partial charge in [-0.05, 0) is 18.2 Å². The molecule has 0 fully saturated rings. The van der Waals surface area contributed by atoms with Crippen molar-refractivity contribution >= 4 is 27.6 Å². The minimum Gasteiger partial charge on any atom is -0.355 e. The number of hydrogen-bond acceptors (Lipinski definition) is 5. The Balaban J connectivity index is 2.19. The molecule has 20 heavy (non-hydrogen) atoms. The number of nitrogens with zero attached hydrogens (tertiary/aromatic N) is 4. The standard InChI is InChI=1S/C13H11BrFN5/c1-20(6-9-4-10(14)2-3-11(9)15)13-5-12(17-7-16)18-8-19-13/h2-5,8H,6H2,1H3,(H,17,18,19). The lowest BCUT2D eigenvalue weighted by Gasteiger charge is -2.18. The molecule has 1 N–H and O–H groups in total. The average molecular weight is 336 g/mol. The summed E-state index contributed by atoms with van der Waals surface area (Å²) in [5.74, 6) is 0.723. The number of rotatable bonds is 4. The van der Waals surface area contributed by atoms with E-state index in [0.29, 0.717) is 23.7 Å². The van der Waals surface area contributed by atoms with Crippen molar-refractivity contribution in [2.45, 2.75) is 6.54 Å². The summed E-state index contributed by atoms with van der Waals surface area (Å²) in [5, 5.41) is 11.0. The van der Waals surface area contributed by atoms with Crippen LogP contribution in [-0.2, 0) is 6.54 Å². The van der Waals surface area contributed by atoms with Crippen molar-refractivity contribution in [2.24, 2.45) is 0 Å². The van der Waals surface area contributed by atoms with Gasteiger partial charge in [-0.2, -0.15) is 5.26 Å². The molecule has 5 nitrogen and oxygen atoms in total. The van der Waals surface area contributed by atoms with E-state index in [1.165, 1.54) is 12.4 Å². The summed E-state index contributed by atoms with van der Waals surface area (Å²) in [6.07, 6.45) is 3.14. The van der Waals surface area contributed by atoms with Gasteiger partial charge in [0.1, 0.15) is 23.8 Å². The molecule has 0 aliphatic carbocycles. The summed E-state index contributed by atoms with van der Waals surface area (Å²) in [6.45, 7) is 0.355. The molecule has 1 aromatic carbocycles. The monoisotopic (exact) mass is 335 g/mol. The molecule has 2 rings (SSSR count). The van der Waals surface area contributed by atoms with E-state index >= 15 is 0 Å². The SMILES string of the molecule is CN(Cc1cc(Br)ccc1F)c1cc(NC#N)ncn1. The Bertz CT molecular complexity index is 655. The van der Waals surface area contributed by atoms with E-state index < -0.39 is 0 Å². The molecule has 0 atom stereocenters. The van der Waals surface area contributed by atoms with Crippen molar-refractivity contribution in [3.63, 3.8) is 0 Å². The number of aromatic nitrogens is 2. The lowest BCUT2D eigenvalue weighted by atomic mass is 10.2. The van der Waals surface area contributed by atoms with Gasteiger partial charge in [0.25, 0.3) is 0 Å². The molecule has 0 aliphatic heterocycles. The predicted octanol–water partition coefficient (Wildman–Crippen LogP) is 2.91. The van der Waals surface area contributed by atoms with E-state index in [2.05, 4.69) is 31.2 Å². The summed E-state index contributed by atoms with van der Waals surface area (Å²) in [4.78, 5) is 9.77. The number of nitriles is 1. The molecule has 2 aromatic rings. The molecule has 0 bridgehead atoms. The molecule has 0 aliphatic rings. The topological polar surface area (TPSA) is 64.8 Å². The summed E-state index contributed by atoms with van der Waals surface area (Å²) in [7, 11) is 1.79. The molecule has 1 aromatic heterocycles. The van der Waals surface area contributed by atoms with Crippen molar-refractivity contribution in [3.8, 4) is 6.19 Å². The summed E-state index contributed by atoms with van der Waals surface area (Å²) in [5.41, 5.74) is 0.551. The fourth-order valence-electron chi connectivity index (χ4n) is 1.68. The van der Waals surface area contributed by atoms with Crippen LogP contribution < -0.4 is 10.2 Å². The van der Waals surface area contributed by atoms with Gasteiger partial charge in [0.2, 0.25) is 0 Å². The van der Waals surface area contributed by atoms with Gasteiger partial charge in [-0.3, -0.25) is 5.32 Å². The molecular formula is C13H11BrFN5. The Morgan fingerprint density at radius 2 is 2.20 bits per heavy atom. The van der Waals surface area contributed by atoms with Gasteiger partial charge in [0.15, 0.2) is 6.19 Å². The fraction of sp³-hybridized carbons (Fsp3) is 0.154. The van der Waals surface area contributed by atoms with Crippen LogP contribution in [0.1, 0.15) is 5.56 Å². The van der Waals surface area contributed by atoms with Crippen molar-refractivity contribution in [2.75, 3.05) is 17.3 Å². The zero-order valence-electron chi connectivity index (χ0n) is 10.6. The van der Waals surface area contributed by atoms with Crippen LogP contribution in [-0.4, -0.2) is 17.0 Å². The Morgan fingerprint density at radius 1 is 1.40 bits per heavy atom. The van der Waals surface area contributed by atoms with Crippen LogP contribution in [0, 0.1) is 17.3 Å². The first-order chi connectivity index (χ1) is 9.60. The third-order valence-electron chi connectivity index (χ3n) is 2.64. The van der Waals surface area contributed by atoms with Gasteiger partial charge in [-0.25, -0.2) is 14.4 Å². The maximum absolute atomic E-state index is 13.7. The van der Waals surface area contributed by atoms with E-state index in [4.69, 9.17) is 5.26 Å². The number of hydrogen-bond donors (Lipinski definition) is 1. The second kappa shape index (κ2) is 6.30. The molecule has 0 saturated carbocycles. The molecule has 0 spiro atoms. The minimum absolute atomic E-state index is 0.274. The van der Waals surface area contributed by atoms with Gasteiger partial charge < -0.3 is 4.90 Å². The molecule has 7 heteroatoms. The van der Waals surface area contributed by atoms with Gasteiger partial charge in [-0.1, -0.05) is 15.9 Å². The molecule has 0 unspecified atom stereocenters. The number of anilines is 2. The van der Waals surface area contributed by atoms with Gasteiger partial charge >= 0.3 is 0 Å². The van der Waals surface area contributed by atoms with Crippen LogP contribution >= 0.6 is 15.9 Å². The Kier molecular flexibility index (Phi) is 4.48. The number of nitrogens with one attached hydrogen (secondary N) is 1. The van der Waals surface area contributed by atoms with E-state index in [-0.39, 0.29) is 5.82 Å². The molecule has 0 amide bonds. The minimum atomic E-state index is -0.274. The highest BCUT2D eigenvalue weighted by atomic mass is 79.9. The largest absolute Gasteiger partial charge is 0.355 e. The van der Waals surface area contributed by atoms with Crippen LogP contribution in [0.2, 0.25) is 0 Å². The highest BCUT2D eigenvalue weighted by molar-refractivity contribution is 9.10. The number of halogens is 2. The van der Waals surface area contributed by atoms with Crippen molar-refractivity contribution in [1.29, 1.82) is 5.26 Å². The number of benzene rings is 1. The summed E-state index contributed by atoms with van der Waals surface area (Å²) in [6, 6.07) is 6.41. The molecule has 1 heterocycles.